The highest BCUT2D eigenvalue weighted by Crippen LogP contribution is 2.11. The number of benzene rings is 2. The van der Waals surface area contributed by atoms with E-state index in [0.29, 0.717) is 0 Å². The van der Waals surface area contributed by atoms with Crippen LogP contribution < -0.4 is 0 Å². The van der Waals surface area contributed by atoms with Gasteiger partial charge in [-0.3, -0.25) is 9.59 Å². The summed E-state index contributed by atoms with van der Waals surface area (Å²) in [5.74, 6) is -1.91. The number of hydrogen-bond acceptors (Lipinski definition) is 4. The summed E-state index contributed by atoms with van der Waals surface area (Å²) in [6, 6.07) is 13.0. The van der Waals surface area contributed by atoms with Crippen LogP contribution in [-0.2, 0) is 9.59 Å². The van der Waals surface area contributed by atoms with Gasteiger partial charge in [-0.2, -0.15) is 0 Å². The van der Waals surface area contributed by atoms with Crippen molar-refractivity contribution in [2.45, 2.75) is 0 Å². The van der Waals surface area contributed by atoms with Gasteiger partial charge in [0.2, 0.25) is 10.5 Å². The number of aromatic carboxylic acids is 2. The quantitative estimate of drug-likeness (QED) is 0.408. The van der Waals surface area contributed by atoms with Gasteiger partial charge in [-0.1, -0.05) is 36.4 Å². The molecule has 6 nitrogen and oxygen atoms in total. The van der Waals surface area contributed by atoms with E-state index in [0.717, 1.165) is 23.3 Å². The lowest BCUT2D eigenvalue weighted by molar-refractivity contribution is -0.109. The van der Waals surface area contributed by atoms with Crippen molar-refractivity contribution in [3.8, 4) is 0 Å². The van der Waals surface area contributed by atoms with Crippen LogP contribution in [0.5, 0.6) is 0 Å². The Balaban J connectivity index is 0.000000416. The molecule has 8 heteroatoms. The minimum atomic E-state index is -0.954. The van der Waals surface area contributed by atoms with Crippen LogP contribution in [0.25, 0.3) is 12.2 Å². The highest BCUT2D eigenvalue weighted by Gasteiger charge is 2.01. The maximum Gasteiger partial charge on any atom is 0.335 e. The number of allylic oxidation sites excluding steroid dienone is 2. The first kappa shape index (κ1) is 22.8. The van der Waals surface area contributed by atoms with E-state index in [4.69, 9.17) is 33.4 Å². The highest BCUT2D eigenvalue weighted by molar-refractivity contribution is 6.69. The molecule has 2 aromatic carbocycles. The third-order valence-electron chi connectivity index (χ3n) is 3.13. The Bertz CT molecular complexity index is 837. The molecule has 0 fully saturated rings. The molecule has 0 spiro atoms. The molecule has 144 valence electrons. The molecule has 28 heavy (non-hydrogen) atoms. The summed E-state index contributed by atoms with van der Waals surface area (Å²) in [5, 5.41) is 16.2. The van der Waals surface area contributed by atoms with E-state index in [9.17, 15) is 19.2 Å². The van der Waals surface area contributed by atoms with E-state index in [1.165, 1.54) is 24.3 Å². The van der Waals surface area contributed by atoms with Gasteiger partial charge in [0.05, 0.1) is 11.1 Å². The SMILES string of the molecule is O=C(Cl)C=CC(=O)Cl.O=C(O)c1ccc(C=Cc2ccc(C(=O)O)cc2)cc1. The van der Waals surface area contributed by atoms with E-state index in [1.807, 2.05) is 12.2 Å². The molecule has 0 aliphatic carbocycles. The molecule has 2 aromatic rings. The van der Waals surface area contributed by atoms with Crippen LogP contribution in [0.1, 0.15) is 31.8 Å². The van der Waals surface area contributed by atoms with E-state index >= 15 is 0 Å². The zero-order chi connectivity index (χ0) is 21.1. The first-order valence-electron chi connectivity index (χ1n) is 7.61. The summed E-state index contributed by atoms with van der Waals surface area (Å²) >= 11 is 9.57. The average molecular weight is 421 g/mol. The van der Waals surface area contributed by atoms with Gasteiger partial charge in [0.1, 0.15) is 0 Å². The van der Waals surface area contributed by atoms with Crippen molar-refractivity contribution in [1.82, 2.24) is 0 Å². The van der Waals surface area contributed by atoms with Crippen molar-refractivity contribution in [2.24, 2.45) is 0 Å². The predicted molar refractivity (Wildman–Crippen MR) is 107 cm³/mol. The van der Waals surface area contributed by atoms with Crippen molar-refractivity contribution in [3.63, 3.8) is 0 Å². The van der Waals surface area contributed by atoms with Crippen LogP contribution in [0.2, 0.25) is 0 Å². The monoisotopic (exact) mass is 420 g/mol. The topological polar surface area (TPSA) is 109 Å². The largest absolute Gasteiger partial charge is 0.478 e. The van der Waals surface area contributed by atoms with Crippen LogP contribution in [0.3, 0.4) is 0 Å². The number of hydrogen-bond donors (Lipinski definition) is 2. The van der Waals surface area contributed by atoms with Gasteiger partial charge in [0.15, 0.2) is 0 Å². The van der Waals surface area contributed by atoms with Crippen LogP contribution in [-0.4, -0.2) is 32.6 Å². The second-order valence-corrected chi connectivity index (χ2v) is 5.87. The normalized spacial score (nSPS) is 10.4. The predicted octanol–water partition coefficient (Wildman–Crippen LogP) is 4.33. The summed E-state index contributed by atoms with van der Waals surface area (Å²) in [6.45, 7) is 0. The smallest absolute Gasteiger partial charge is 0.335 e. The van der Waals surface area contributed by atoms with Gasteiger partial charge in [0, 0.05) is 12.2 Å². The minimum absolute atomic E-state index is 0.243. The molecule has 0 saturated heterocycles. The van der Waals surface area contributed by atoms with Crippen LogP contribution >= 0.6 is 23.2 Å². The molecule has 2 rings (SSSR count). The minimum Gasteiger partial charge on any atom is -0.478 e. The molecule has 0 unspecified atom stereocenters. The third-order valence-corrected chi connectivity index (χ3v) is 3.38. The number of rotatable bonds is 6. The maximum absolute atomic E-state index is 10.7. The highest BCUT2D eigenvalue weighted by atomic mass is 35.5. The van der Waals surface area contributed by atoms with E-state index < -0.39 is 22.4 Å². The van der Waals surface area contributed by atoms with Gasteiger partial charge >= 0.3 is 11.9 Å². The fourth-order valence-corrected chi connectivity index (χ4v) is 1.92. The molecule has 0 aromatic heterocycles. The van der Waals surface area contributed by atoms with Gasteiger partial charge in [0.25, 0.3) is 0 Å². The maximum atomic E-state index is 10.7. The fraction of sp³-hybridized carbons (Fsp3) is 0. The lowest BCUT2D eigenvalue weighted by Crippen LogP contribution is -1.95. The standard InChI is InChI=1S/C16H12O4.C4H2Cl2O2/c17-15(18)13-7-3-11(4-8-13)1-2-12-5-9-14(10-6-12)16(19)20;5-3(7)1-2-4(6)8/h1-10H,(H,17,18)(H,19,20);1-2H. The molecule has 0 saturated carbocycles. The second-order valence-electron chi connectivity index (χ2n) is 5.13. The molecular formula is C20H14Cl2O6. The van der Waals surface area contributed by atoms with Crippen LogP contribution in [0, 0.1) is 0 Å². The Kier molecular flexibility index (Phi) is 9.36. The van der Waals surface area contributed by atoms with Gasteiger partial charge in [-0.15, -0.1) is 0 Å². The van der Waals surface area contributed by atoms with E-state index in [2.05, 4.69) is 0 Å². The number of carbonyl (C=O) groups is 4. The van der Waals surface area contributed by atoms with Crippen molar-refractivity contribution >= 4 is 57.8 Å². The molecule has 0 bridgehead atoms. The van der Waals surface area contributed by atoms with Gasteiger partial charge in [-0.05, 0) is 58.6 Å². The molecule has 0 aliphatic rings. The van der Waals surface area contributed by atoms with E-state index in [-0.39, 0.29) is 11.1 Å². The van der Waals surface area contributed by atoms with Crippen molar-refractivity contribution in [2.75, 3.05) is 0 Å². The van der Waals surface area contributed by atoms with Gasteiger partial charge in [-0.25, -0.2) is 9.59 Å². The second kappa shape index (κ2) is 11.5. The summed E-state index contributed by atoms with van der Waals surface area (Å²) in [6.07, 6.45) is 5.44. The zero-order valence-corrected chi connectivity index (χ0v) is 15.7. The van der Waals surface area contributed by atoms with Gasteiger partial charge < -0.3 is 10.2 Å². The van der Waals surface area contributed by atoms with Crippen molar-refractivity contribution < 1.29 is 29.4 Å². The number of carbonyl (C=O) groups excluding carboxylic acids is 2. The Morgan fingerprint density at radius 2 is 0.893 bits per heavy atom. The molecule has 2 N–H and O–H groups in total. The number of carboxylic acids is 2. The van der Waals surface area contributed by atoms with Crippen molar-refractivity contribution in [1.29, 1.82) is 0 Å². The number of halogens is 2. The molecule has 0 atom stereocenters. The Morgan fingerprint density at radius 1 is 0.607 bits per heavy atom. The Labute approximate surface area is 170 Å². The first-order valence-corrected chi connectivity index (χ1v) is 8.36. The summed E-state index contributed by atoms with van der Waals surface area (Å²) in [4.78, 5) is 41.1. The first-order chi connectivity index (χ1) is 13.2. The molecule has 0 radical (unpaired) electrons. The fourth-order valence-electron chi connectivity index (χ4n) is 1.80. The molecule has 0 heterocycles. The summed E-state index contributed by atoms with van der Waals surface area (Å²) < 4.78 is 0. The third kappa shape index (κ3) is 8.93. The number of carboxylic acid groups (broad SMARTS) is 2. The summed E-state index contributed by atoms with van der Waals surface area (Å²) in [5.41, 5.74) is 2.23. The molecule has 0 amide bonds. The van der Waals surface area contributed by atoms with Crippen LogP contribution in [0.15, 0.2) is 60.7 Å². The Morgan fingerprint density at radius 3 is 1.11 bits per heavy atom. The lowest BCUT2D eigenvalue weighted by Gasteiger charge is -1.97. The molecular weight excluding hydrogens is 407 g/mol. The Hall–Kier alpha value is -3.22. The molecule has 0 aliphatic heterocycles. The van der Waals surface area contributed by atoms with E-state index in [1.54, 1.807) is 24.3 Å². The zero-order valence-electron chi connectivity index (χ0n) is 14.2. The average Bonchev–Trinajstić information content (AvgIpc) is 2.66. The van der Waals surface area contributed by atoms with Crippen molar-refractivity contribution in [3.05, 3.63) is 82.9 Å². The lowest BCUT2D eigenvalue weighted by atomic mass is 10.1. The van der Waals surface area contributed by atoms with Crippen LogP contribution in [0.4, 0.5) is 0 Å². The summed E-state index contributed by atoms with van der Waals surface area (Å²) in [7, 11) is 0.